The van der Waals surface area contributed by atoms with Crippen LogP contribution in [0.25, 0.3) is 10.7 Å². The molecule has 0 spiro atoms. The fourth-order valence-electron chi connectivity index (χ4n) is 1.18. The average molecular weight is 193 g/mol. The molecular formula is C9H11N3S. The number of H-pyrrole nitrogens is 1. The standard InChI is InChI=1S/C9H11N3S/c1-2-3-7-6-13-9(11-7)8-4-5-10-12-8/h4-6H,2-3H2,1H3,(H,10,12). The van der Waals surface area contributed by atoms with Gasteiger partial charge in [-0.3, -0.25) is 5.10 Å². The first-order valence-electron chi connectivity index (χ1n) is 4.34. The van der Waals surface area contributed by atoms with Gasteiger partial charge in [0.2, 0.25) is 0 Å². The van der Waals surface area contributed by atoms with Crippen LogP contribution in [-0.2, 0) is 6.42 Å². The van der Waals surface area contributed by atoms with E-state index in [1.54, 1.807) is 17.5 Å². The molecule has 2 heterocycles. The summed E-state index contributed by atoms with van der Waals surface area (Å²) in [7, 11) is 0. The molecule has 2 rings (SSSR count). The van der Waals surface area contributed by atoms with Crippen molar-refractivity contribution in [2.24, 2.45) is 0 Å². The van der Waals surface area contributed by atoms with Gasteiger partial charge < -0.3 is 0 Å². The second kappa shape index (κ2) is 3.70. The number of nitrogens with zero attached hydrogens (tertiary/aromatic N) is 2. The number of thiazole rings is 1. The molecule has 4 heteroatoms. The molecule has 3 nitrogen and oxygen atoms in total. The summed E-state index contributed by atoms with van der Waals surface area (Å²) in [6.45, 7) is 2.16. The highest BCUT2D eigenvalue weighted by Crippen LogP contribution is 2.21. The Hall–Kier alpha value is -1.16. The van der Waals surface area contributed by atoms with Crippen LogP contribution < -0.4 is 0 Å². The molecule has 0 bridgehead atoms. The summed E-state index contributed by atoms with van der Waals surface area (Å²) in [6.07, 6.45) is 3.95. The van der Waals surface area contributed by atoms with Crippen molar-refractivity contribution >= 4 is 11.3 Å². The fraction of sp³-hybridized carbons (Fsp3) is 0.333. The highest BCUT2D eigenvalue weighted by Gasteiger charge is 2.04. The van der Waals surface area contributed by atoms with Gasteiger partial charge in [-0.25, -0.2) is 4.98 Å². The molecule has 0 aromatic carbocycles. The molecule has 0 amide bonds. The first kappa shape index (κ1) is 8.44. The van der Waals surface area contributed by atoms with E-state index in [2.05, 4.69) is 27.5 Å². The van der Waals surface area contributed by atoms with E-state index in [0.29, 0.717) is 0 Å². The minimum atomic E-state index is 1.01. The summed E-state index contributed by atoms with van der Waals surface area (Å²) in [5.74, 6) is 0. The Labute approximate surface area is 80.8 Å². The minimum absolute atomic E-state index is 1.01. The lowest BCUT2D eigenvalue weighted by Gasteiger charge is -1.89. The van der Waals surface area contributed by atoms with Gasteiger partial charge in [0.15, 0.2) is 0 Å². The summed E-state index contributed by atoms with van der Waals surface area (Å²) >= 11 is 1.66. The Morgan fingerprint density at radius 2 is 2.46 bits per heavy atom. The molecule has 1 N–H and O–H groups in total. The minimum Gasteiger partial charge on any atom is -0.275 e. The largest absolute Gasteiger partial charge is 0.275 e. The van der Waals surface area contributed by atoms with Crippen molar-refractivity contribution in [1.29, 1.82) is 0 Å². The van der Waals surface area contributed by atoms with Crippen LogP contribution in [0.1, 0.15) is 19.0 Å². The van der Waals surface area contributed by atoms with Crippen LogP contribution >= 0.6 is 11.3 Å². The summed E-state index contributed by atoms with van der Waals surface area (Å²) in [4.78, 5) is 4.49. The lowest BCUT2D eigenvalue weighted by Crippen LogP contribution is -1.83. The number of aromatic amines is 1. The topological polar surface area (TPSA) is 41.6 Å². The molecular weight excluding hydrogens is 182 g/mol. The normalized spacial score (nSPS) is 10.5. The smallest absolute Gasteiger partial charge is 0.141 e. The van der Waals surface area contributed by atoms with Crippen molar-refractivity contribution in [2.45, 2.75) is 19.8 Å². The van der Waals surface area contributed by atoms with Crippen molar-refractivity contribution in [1.82, 2.24) is 15.2 Å². The Bertz CT molecular complexity index is 364. The maximum atomic E-state index is 4.49. The molecule has 0 fully saturated rings. The van der Waals surface area contributed by atoms with Gasteiger partial charge in [-0.05, 0) is 12.5 Å². The highest BCUT2D eigenvalue weighted by atomic mass is 32.1. The predicted octanol–water partition coefficient (Wildman–Crippen LogP) is 2.49. The van der Waals surface area contributed by atoms with Crippen molar-refractivity contribution < 1.29 is 0 Å². The molecule has 0 aliphatic carbocycles. The molecule has 0 unspecified atom stereocenters. The summed E-state index contributed by atoms with van der Waals surface area (Å²) < 4.78 is 0. The number of hydrogen-bond donors (Lipinski definition) is 1. The third kappa shape index (κ3) is 1.78. The first-order valence-corrected chi connectivity index (χ1v) is 5.22. The van der Waals surface area contributed by atoms with Crippen LogP contribution in [0, 0.1) is 0 Å². The van der Waals surface area contributed by atoms with E-state index in [1.807, 2.05) is 6.07 Å². The Balaban J connectivity index is 2.23. The van der Waals surface area contributed by atoms with E-state index in [-0.39, 0.29) is 0 Å². The molecule has 0 atom stereocenters. The zero-order valence-electron chi connectivity index (χ0n) is 7.45. The van der Waals surface area contributed by atoms with Gasteiger partial charge in [0.1, 0.15) is 5.01 Å². The lowest BCUT2D eigenvalue weighted by molar-refractivity contribution is 0.893. The number of aryl methyl sites for hydroxylation is 1. The second-order valence-corrected chi connectivity index (χ2v) is 3.72. The van der Waals surface area contributed by atoms with Gasteiger partial charge in [-0.1, -0.05) is 13.3 Å². The van der Waals surface area contributed by atoms with E-state index in [4.69, 9.17) is 0 Å². The third-order valence-electron chi connectivity index (χ3n) is 1.79. The zero-order valence-corrected chi connectivity index (χ0v) is 8.27. The molecule has 0 saturated carbocycles. The van der Waals surface area contributed by atoms with Crippen molar-refractivity contribution in [3.05, 3.63) is 23.3 Å². The first-order chi connectivity index (χ1) is 6.40. The van der Waals surface area contributed by atoms with E-state index in [0.717, 1.165) is 23.5 Å². The molecule has 0 aliphatic heterocycles. The highest BCUT2D eigenvalue weighted by molar-refractivity contribution is 7.13. The fourth-order valence-corrected chi connectivity index (χ4v) is 2.01. The van der Waals surface area contributed by atoms with Gasteiger partial charge in [-0.2, -0.15) is 5.10 Å². The van der Waals surface area contributed by atoms with Crippen LogP contribution in [0.3, 0.4) is 0 Å². The maximum absolute atomic E-state index is 4.49. The monoisotopic (exact) mass is 193 g/mol. The lowest BCUT2D eigenvalue weighted by atomic mass is 10.3. The van der Waals surface area contributed by atoms with Gasteiger partial charge >= 0.3 is 0 Å². The quantitative estimate of drug-likeness (QED) is 0.813. The predicted molar refractivity (Wildman–Crippen MR) is 53.7 cm³/mol. The number of hydrogen-bond acceptors (Lipinski definition) is 3. The molecule has 68 valence electrons. The van der Waals surface area contributed by atoms with Crippen LogP contribution in [0.15, 0.2) is 17.6 Å². The third-order valence-corrected chi connectivity index (χ3v) is 2.71. The molecule has 0 aliphatic rings. The Morgan fingerprint density at radius 3 is 3.15 bits per heavy atom. The Kier molecular flexibility index (Phi) is 2.40. The van der Waals surface area contributed by atoms with Crippen molar-refractivity contribution in [2.75, 3.05) is 0 Å². The molecule has 0 saturated heterocycles. The van der Waals surface area contributed by atoms with Crippen LogP contribution in [0.5, 0.6) is 0 Å². The second-order valence-electron chi connectivity index (χ2n) is 2.86. The van der Waals surface area contributed by atoms with Crippen molar-refractivity contribution in [3.63, 3.8) is 0 Å². The SMILES string of the molecule is CCCc1csc(-c2ccn[nH]2)n1. The summed E-state index contributed by atoms with van der Waals surface area (Å²) in [5.41, 5.74) is 2.18. The average Bonchev–Trinajstić information content (AvgIpc) is 2.70. The number of rotatable bonds is 3. The van der Waals surface area contributed by atoms with Gasteiger partial charge in [-0.15, -0.1) is 11.3 Å². The maximum Gasteiger partial charge on any atom is 0.141 e. The number of nitrogens with one attached hydrogen (secondary N) is 1. The van der Waals surface area contributed by atoms with Gasteiger partial charge in [0.25, 0.3) is 0 Å². The van der Waals surface area contributed by atoms with Crippen LogP contribution in [0.2, 0.25) is 0 Å². The molecule has 0 radical (unpaired) electrons. The molecule has 2 aromatic rings. The van der Waals surface area contributed by atoms with Crippen molar-refractivity contribution in [3.8, 4) is 10.7 Å². The number of aromatic nitrogens is 3. The summed E-state index contributed by atoms with van der Waals surface area (Å²) in [5, 5.41) is 9.94. The van der Waals surface area contributed by atoms with Crippen LogP contribution in [-0.4, -0.2) is 15.2 Å². The van der Waals surface area contributed by atoms with E-state index >= 15 is 0 Å². The van der Waals surface area contributed by atoms with Crippen LogP contribution in [0.4, 0.5) is 0 Å². The van der Waals surface area contributed by atoms with Gasteiger partial charge in [0.05, 0.1) is 11.4 Å². The van der Waals surface area contributed by atoms with E-state index < -0.39 is 0 Å². The van der Waals surface area contributed by atoms with E-state index in [1.165, 1.54) is 5.69 Å². The Morgan fingerprint density at radius 1 is 1.54 bits per heavy atom. The zero-order chi connectivity index (χ0) is 9.10. The van der Waals surface area contributed by atoms with E-state index in [9.17, 15) is 0 Å². The molecule has 2 aromatic heterocycles. The molecule has 13 heavy (non-hydrogen) atoms. The van der Waals surface area contributed by atoms with Gasteiger partial charge in [0, 0.05) is 11.6 Å². The summed E-state index contributed by atoms with van der Waals surface area (Å²) in [6, 6.07) is 1.94.